The first-order valence-corrected chi connectivity index (χ1v) is 9.88. The highest BCUT2D eigenvalue weighted by Crippen LogP contribution is 2.27. The number of rotatable bonds is 5. The molecule has 3 aromatic rings. The molecular formula is C25H28N2O2. The minimum absolute atomic E-state index is 0.355. The maximum Gasteiger partial charge on any atom is 0.337 e. The highest BCUT2D eigenvalue weighted by Gasteiger charge is 2.14. The SMILES string of the molecule is CCc1cccc(C)c1-n1c(C)cc(C=Nc2cc(C(=O)OC)ccc2C)c1C. The molecule has 4 heteroatoms. The van der Waals surface area contributed by atoms with Gasteiger partial charge in [0.1, 0.15) is 0 Å². The lowest BCUT2D eigenvalue weighted by Gasteiger charge is -2.17. The number of esters is 1. The van der Waals surface area contributed by atoms with Gasteiger partial charge in [0, 0.05) is 23.2 Å². The van der Waals surface area contributed by atoms with E-state index in [0.717, 1.165) is 28.9 Å². The summed E-state index contributed by atoms with van der Waals surface area (Å²) in [6.45, 7) is 10.6. The van der Waals surface area contributed by atoms with E-state index in [2.05, 4.69) is 61.5 Å². The molecule has 0 bridgehead atoms. The smallest absolute Gasteiger partial charge is 0.337 e. The summed E-state index contributed by atoms with van der Waals surface area (Å²) < 4.78 is 7.13. The van der Waals surface area contributed by atoms with Gasteiger partial charge >= 0.3 is 5.97 Å². The number of nitrogens with zero attached hydrogens (tertiary/aromatic N) is 2. The Kier molecular flexibility index (Phi) is 6.02. The number of ether oxygens (including phenoxy) is 1. The third kappa shape index (κ3) is 4.02. The van der Waals surface area contributed by atoms with Crippen LogP contribution >= 0.6 is 0 Å². The predicted octanol–water partition coefficient (Wildman–Crippen LogP) is 5.81. The molecule has 2 aromatic carbocycles. The Bertz CT molecular complexity index is 1090. The lowest BCUT2D eigenvalue weighted by Crippen LogP contribution is -2.05. The molecular weight excluding hydrogens is 360 g/mol. The van der Waals surface area contributed by atoms with Crippen LogP contribution in [-0.4, -0.2) is 23.9 Å². The van der Waals surface area contributed by atoms with Gasteiger partial charge in [0.15, 0.2) is 0 Å². The maximum atomic E-state index is 11.8. The summed E-state index contributed by atoms with van der Waals surface area (Å²) in [6, 6.07) is 14.0. The molecule has 1 heterocycles. The summed E-state index contributed by atoms with van der Waals surface area (Å²) in [5.41, 5.74) is 9.52. The molecule has 0 fully saturated rings. The lowest BCUT2D eigenvalue weighted by atomic mass is 10.1. The van der Waals surface area contributed by atoms with Crippen molar-refractivity contribution in [2.45, 2.75) is 41.0 Å². The number of para-hydroxylation sites is 1. The normalized spacial score (nSPS) is 11.2. The number of hydrogen-bond donors (Lipinski definition) is 0. The van der Waals surface area contributed by atoms with Gasteiger partial charge in [0.25, 0.3) is 0 Å². The summed E-state index contributed by atoms with van der Waals surface area (Å²) in [4.78, 5) is 16.5. The number of carbonyl (C=O) groups excluding carboxylic acids is 1. The number of hydrogen-bond acceptors (Lipinski definition) is 3. The van der Waals surface area contributed by atoms with Gasteiger partial charge in [-0.3, -0.25) is 4.99 Å². The Balaban J connectivity index is 2.04. The van der Waals surface area contributed by atoms with Crippen molar-refractivity contribution in [3.05, 3.63) is 81.7 Å². The zero-order chi connectivity index (χ0) is 21.1. The van der Waals surface area contributed by atoms with Crippen LogP contribution in [0, 0.1) is 27.7 Å². The molecule has 0 radical (unpaired) electrons. The molecule has 4 nitrogen and oxygen atoms in total. The zero-order valence-electron chi connectivity index (χ0n) is 18.0. The van der Waals surface area contributed by atoms with Crippen LogP contribution in [0.15, 0.2) is 47.5 Å². The molecule has 0 atom stereocenters. The maximum absolute atomic E-state index is 11.8. The number of methoxy groups -OCH3 is 1. The average molecular weight is 389 g/mol. The third-order valence-electron chi connectivity index (χ3n) is 5.37. The van der Waals surface area contributed by atoms with Crippen molar-refractivity contribution in [3.63, 3.8) is 0 Å². The fourth-order valence-electron chi connectivity index (χ4n) is 3.72. The summed E-state index contributed by atoms with van der Waals surface area (Å²) in [7, 11) is 1.39. The summed E-state index contributed by atoms with van der Waals surface area (Å²) >= 11 is 0. The monoisotopic (exact) mass is 388 g/mol. The molecule has 3 rings (SSSR count). The highest BCUT2D eigenvalue weighted by molar-refractivity contribution is 5.91. The first-order valence-electron chi connectivity index (χ1n) is 9.88. The molecule has 0 spiro atoms. The van der Waals surface area contributed by atoms with Crippen LogP contribution in [0.1, 0.15) is 50.9 Å². The summed E-state index contributed by atoms with van der Waals surface area (Å²) in [6.07, 6.45) is 2.86. The van der Waals surface area contributed by atoms with Crippen LogP contribution < -0.4 is 0 Å². The lowest BCUT2D eigenvalue weighted by molar-refractivity contribution is 0.0601. The van der Waals surface area contributed by atoms with Crippen LogP contribution in [-0.2, 0) is 11.2 Å². The minimum atomic E-state index is -0.355. The van der Waals surface area contributed by atoms with Gasteiger partial charge in [-0.1, -0.05) is 31.2 Å². The van der Waals surface area contributed by atoms with Gasteiger partial charge in [0.2, 0.25) is 0 Å². The Morgan fingerprint density at radius 1 is 1.07 bits per heavy atom. The number of aliphatic imine (C=N–C) groups is 1. The Morgan fingerprint density at radius 2 is 1.83 bits per heavy atom. The van der Waals surface area contributed by atoms with E-state index in [-0.39, 0.29) is 5.97 Å². The summed E-state index contributed by atoms with van der Waals surface area (Å²) in [5.74, 6) is -0.355. The number of carbonyl (C=O) groups is 1. The molecule has 0 N–H and O–H groups in total. The quantitative estimate of drug-likeness (QED) is 0.409. The van der Waals surface area contributed by atoms with Crippen molar-refractivity contribution >= 4 is 17.9 Å². The van der Waals surface area contributed by atoms with E-state index < -0.39 is 0 Å². The van der Waals surface area contributed by atoms with Crippen LogP contribution in [0.2, 0.25) is 0 Å². The number of aryl methyl sites for hydroxylation is 4. The van der Waals surface area contributed by atoms with Crippen molar-refractivity contribution < 1.29 is 9.53 Å². The number of aromatic nitrogens is 1. The average Bonchev–Trinajstić information content (AvgIpc) is 2.99. The largest absolute Gasteiger partial charge is 0.465 e. The van der Waals surface area contributed by atoms with E-state index in [1.54, 1.807) is 12.1 Å². The molecule has 1 aromatic heterocycles. The fourth-order valence-corrected chi connectivity index (χ4v) is 3.72. The highest BCUT2D eigenvalue weighted by atomic mass is 16.5. The van der Waals surface area contributed by atoms with E-state index in [1.807, 2.05) is 19.2 Å². The van der Waals surface area contributed by atoms with Crippen molar-refractivity contribution in [1.82, 2.24) is 4.57 Å². The second-order valence-corrected chi connectivity index (χ2v) is 7.35. The zero-order valence-corrected chi connectivity index (χ0v) is 18.0. The molecule has 150 valence electrons. The van der Waals surface area contributed by atoms with E-state index in [1.165, 1.54) is 29.6 Å². The fraction of sp³-hybridized carbons (Fsp3) is 0.280. The molecule has 29 heavy (non-hydrogen) atoms. The third-order valence-corrected chi connectivity index (χ3v) is 5.37. The molecule has 0 unspecified atom stereocenters. The Hall–Kier alpha value is -3.14. The van der Waals surface area contributed by atoms with Crippen molar-refractivity contribution in [3.8, 4) is 5.69 Å². The van der Waals surface area contributed by atoms with Gasteiger partial charge in [-0.05, 0) is 69.0 Å². The first kappa shape index (κ1) is 20.6. The van der Waals surface area contributed by atoms with Crippen molar-refractivity contribution in [2.24, 2.45) is 4.99 Å². The molecule has 0 aliphatic carbocycles. The second kappa shape index (κ2) is 8.48. The van der Waals surface area contributed by atoms with Crippen molar-refractivity contribution in [1.29, 1.82) is 0 Å². The molecule has 0 amide bonds. The van der Waals surface area contributed by atoms with Crippen LogP contribution in [0.5, 0.6) is 0 Å². The molecule has 0 aliphatic rings. The van der Waals surface area contributed by atoms with Gasteiger partial charge in [-0.15, -0.1) is 0 Å². The molecule has 0 aliphatic heterocycles. The van der Waals surface area contributed by atoms with E-state index in [9.17, 15) is 4.79 Å². The van der Waals surface area contributed by atoms with Crippen LogP contribution in [0.3, 0.4) is 0 Å². The van der Waals surface area contributed by atoms with Gasteiger partial charge in [0.05, 0.1) is 24.0 Å². The predicted molar refractivity (Wildman–Crippen MR) is 119 cm³/mol. The molecule has 0 saturated carbocycles. The second-order valence-electron chi connectivity index (χ2n) is 7.35. The van der Waals surface area contributed by atoms with Gasteiger partial charge in [-0.25, -0.2) is 4.79 Å². The Morgan fingerprint density at radius 3 is 2.52 bits per heavy atom. The minimum Gasteiger partial charge on any atom is -0.465 e. The van der Waals surface area contributed by atoms with Crippen molar-refractivity contribution in [2.75, 3.05) is 7.11 Å². The van der Waals surface area contributed by atoms with Gasteiger partial charge < -0.3 is 9.30 Å². The molecule has 0 saturated heterocycles. The van der Waals surface area contributed by atoms with E-state index in [0.29, 0.717) is 5.56 Å². The first-order chi connectivity index (χ1) is 13.9. The summed E-state index contributed by atoms with van der Waals surface area (Å²) in [5, 5.41) is 0. The Labute approximate surface area is 172 Å². The van der Waals surface area contributed by atoms with Crippen LogP contribution in [0.4, 0.5) is 5.69 Å². The van der Waals surface area contributed by atoms with Crippen LogP contribution in [0.25, 0.3) is 5.69 Å². The number of benzene rings is 2. The van der Waals surface area contributed by atoms with E-state index >= 15 is 0 Å². The standard InChI is InChI=1S/C25H28N2O2/c1-7-20-10-8-9-17(3)24(20)27-18(4)13-22(19(27)5)15-26-23-14-21(25(28)29-6)12-11-16(23)2/h8-15H,7H2,1-6H3. The topological polar surface area (TPSA) is 43.6 Å². The van der Waals surface area contributed by atoms with Gasteiger partial charge in [-0.2, -0.15) is 0 Å². The van der Waals surface area contributed by atoms with E-state index in [4.69, 9.17) is 4.74 Å².